The summed E-state index contributed by atoms with van der Waals surface area (Å²) in [5.74, 6) is 0.487. The minimum Gasteiger partial charge on any atom is -0.506 e. The average Bonchev–Trinajstić information content (AvgIpc) is 2.51. The molecule has 0 aliphatic heterocycles. The third-order valence-corrected chi connectivity index (χ3v) is 4.22. The minimum atomic E-state index is -0.335. The number of hydrogen-bond donors (Lipinski definition) is 2. The predicted octanol–water partition coefficient (Wildman–Crippen LogP) is 3.37. The van der Waals surface area contributed by atoms with Crippen LogP contribution in [0.2, 0.25) is 0 Å². The van der Waals surface area contributed by atoms with Crippen molar-refractivity contribution in [3.05, 3.63) is 54.7 Å². The highest BCUT2D eigenvalue weighted by Gasteiger charge is 2.06. The van der Waals surface area contributed by atoms with Gasteiger partial charge in [0.2, 0.25) is 0 Å². The standard InChI is InChI=1S/C15H12I2N2O3/c1-22-12-4-2-9(3-5-12)15(21)19-18-8-10-6-11(16)7-13(17)14(10)20/h2-8,20H,1H3,(H,19,21)/b18-8-. The Hall–Kier alpha value is -1.36. The first-order valence-corrected chi connectivity index (χ1v) is 8.32. The maximum absolute atomic E-state index is 11.9. The molecule has 2 rings (SSSR count). The van der Waals surface area contributed by atoms with Crippen LogP contribution in [0.15, 0.2) is 41.5 Å². The molecule has 22 heavy (non-hydrogen) atoms. The van der Waals surface area contributed by atoms with Gasteiger partial charge in [-0.3, -0.25) is 4.79 Å². The van der Waals surface area contributed by atoms with E-state index in [0.717, 1.165) is 7.14 Å². The highest BCUT2D eigenvalue weighted by Crippen LogP contribution is 2.25. The summed E-state index contributed by atoms with van der Waals surface area (Å²) in [7, 11) is 1.56. The number of ether oxygens (including phenoxy) is 1. The van der Waals surface area contributed by atoms with Gasteiger partial charge in [-0.2, -0.15) is 5.10 Å². The number of rotatable bonds is 4. The van der Waals surface area contributed by atoms with E-state index in [4.69, 9.17) is 4.74 Å². The van der Waals surface area contributed by atoms with Gasteiger partial charge in [-0.25, -0.2) is 5.43 Å². The van der Waals surface area contributed by atoms with E-state index in [0.29, 0.717) is 16.9 Å². The molecule has 0 spiro atoms. The monoisotopic (exact) mass is 522 g/mol. The molecule has 0 bridgehead atoms. The lowest BCUT2D eigenvalue weighted by molar-refractivity contribution is 0.0955. The van der Waals surface area contributed by atoms with Gasteiger partial charge in [-0.1, -0.05) is 0 Å². The molecular formula is C15H12I2N2O3. The normalized spacial score (nSPS) is 10.7. The van der Waals surface area contributed by atoms with Crippen molar-refractivity contribution in [2.45, 2.75) is 0 Å². The molecule has 5 nitrogen and oxygen atoms in total. The molecule has 0 aliphatic rings. The van der Waals surface area contributed by atoms with Crippen LogP contribution in [0.5, 0.6) is 11.5 Å². The maximum Gasteiger partial charge on any atom is 0.271 e. The fourth-order valence-corrected chi connectivity index (χ4v) is 3.54. The number of hydrogen-bond acceptors (Lipinski definition) is 4. The lowest BCUT2D eigenvalue weighted by Gasteiger charge is -2.04. The number of hydrazone groups is 1. The zero-order valence-corrected chi connectivity index (χ0v) is 15.8. The molecule has 0 aromatic heterocycles. The summed E-state index contributed by atoms with van der Waals surface area (Å²) in [6.07, 6.45) is 1.42. The number of carbonyl (C=O) groups is 1. The number of nitrogens with zero attached hydrogens (tertiary/aromatic N) is 1. The molecular weight excluding hydrogens is 510 g/mol. The molecule has 2 N–H and O–H groups in total. The van der Waals surface area contributed by atoms with E-state index < -0.39 is 0 Å². The Morgan fingerprint density at radius 3 is 2.59 bits per heavy atom. The molecule has 1 amide bonds. The first-order chi connectivity index (χ1) is 10.5. The molecule has 7 heteroatoms. The maximum atomic E-state index is 11.9. The third-order valence-electron chi connectivity index (χ3n) is 2.78. The Morgan fingerprint density at radius 1 is 1.27 bits per heavy atom. The number of benzene rings is 2. The van der Waals surface area contributed by atoms with Crippen molar-refractivity contribution in [3.63, 3.8) is 0 Å². The Balaban J connectivity index is 2.07. The van der Waals surface area contributed by atoms with E-state index in [9.17, 15) is 9.90 Å². The summed E-state index contributed by atoms with van der Waals surface area (Å²) < 4.78 is 6.74. The Morgan fingerprint density at radius 2 is 1.95 bits per heavy atom. The van der Waals surface area contributed by atoms with Crippen LogP contribution in [0, 0.1) is 7.14 Å². The molecule has 0 aliphatic carbocycles. The molecule has 0 saturated carbocycles. The van der Waals surface area contributed by atoms with Crippen molar-refractivity contribution in [3.8, 4) is 11.5 Å². The van der Waals surface area contributed by atoms with Gasteiger partial charge in [0, 0.05) is 14.7 Å². The Kier molecular flexibility index (Phi) is 6.00. The van der Waals surface area contributed by atoms with Gasteiger partial charge in [-0.05, 0) is 81.6 Å². The molecule has 114 valence electrons. The number of amides is 1. The zero-order chi connectivity index (χ0) is 16.1. The van der Waals surface area contributed by atoms with Crippen LogP contribution in [-0.2, 0) is 0 Å². The van der Waals surface area contributed by atoms with Gasteiger partial charge in [0.25, 0.3) is 5.91 Å². The van der Waals surface area contributed by atoms with Gasteiger partial charge in [-0.15, -0.1) is 0 Å². The molecule has 0 saturated heterocycles. The number of aromatic hydroxyl groups is 1. The Bertz CT molecular complexity index is 715. The molecule has 0 heterocycles. The molecule has 0 atom stereocenters. The van der Waals surface area contributed by atoms with Crippen molar-refractivity contribution < 1.29 is 14.6 Å². The van der Waals surface area contributed by atoms with E-state index in [1.165, 1.54) is 6.21 Å². The van der Waals surface area contributed by atoms with Crippen molar-refractivity contribution in [1.29, 1.82) is 0 Å². The van der Waals surface area contributed by atoms with E-state index in [2.05, 4.69) is 33.1 Å². The van der Waals surface area contributed by atoms with E-state index in [1.807, 2.05) is 28.7 Å². The molecule has 0 fully saturated rings. The molecule has 2 aromatic rings. The quantitative estimate of drug-likeness (QED) is 0.368. The van der Waals surface area contributed by atoms with E-state index in [-0.39, 0.29) is 11.7 Å². The van der Waals surface area contributed by atoms with Crippen molar-refractivity contribution >= 4 is 57.3 Å². The number of nitrogens with one attached hydrogen (secondary N) is 1. The smallest absolute Gasteiger partial charge is 0.271 e. The highest BCUT2D eigenvalue weighted by atomic mass is 127. The SMILES string of the molecule is COc1ccc(C(=O)N/N=C\c2cc(I)cc(I)c2O)cc1. The van der Waals surface area contributed by atoms with Crippen LogP contribution in [0.4, 0.5) is 0 Å². The van der Waals surface area contributed by atoms with Crippen molar-refractivity contribution in [2.75, 3.05) is 7.11 Å². The van der Waals surface area contributed by atoms with Gasteiger partial charge in [0.1, 0.15) is 11.5 Å². The van der Waals surface area contributed by atoms with Gasteiger partial charge >= 0.3 is 0 Å². The van der Waals surface area contributed by atoms with Crippen LogP contribution in [0.3, 0.4) is 0 Å². The van der Waals surface area contributed by atoms with Crippen LogP contribution >= 0.6 is 45.2 Å². The van der Waals surface area contributed by atoms with Crippen LogP contribution in [0.1, 0.15) is 15.9 Å². The second kappa shape index (κ2) is 7.77. The summed E-state index contributed by atoms with van der Waals surface area (Å²) in [5, 5.41) is 13.8. The molecule has 0 unspecified atom stereocenters. The van der Waals surface area contributed by atoms with E-state index in [1.54, 1.807) is 37.4 Å². The zero-order valence-electron chi connectivity index (χ0n) is 11.5. The average molecular weight is 522 g/mol. The predicted molar refractivity (Wildman–Crippen MR) is 102 cm³/mol. The fourth-order valence-electron chi connectivity index (χ4n) is 1.65. The van der Waals surface area contributed by atoms with Crippen LogP contribution < -0.4 is 10.2 Å². The lowest BCUT2D eigenvalue weighted by Crippen LogP contribution is -2.17. The summed E-state index contributed by atoms with van der Waals surface area (Å²) in [5.41, 5.74) is 3.44. The fraction of sp³-hybridized carbons (Fsp3) is 0.0667. The summed E-state index contributed by atoms with van der Waals surface area (Å²) in [4.78, 5) is 11.9. The Labute approximate surface area is 155 Å². The van der Waals surface area contributed by atoms with Crippen molar-refractivity contribution in [2.24, 2.45) is 5.10 Å². The van der Waals surface area contributed by atoms with Gasteiger partial charge in [0.05, 0.1) is 16.9 Å². The molecule has 2 aromatic carbocycles. The number of halogens is 2. The number of phenols is 1. The second-order valence-electron chi connectivity index (χ2n) is 4.25. The summed E-state index contributed by atoms with van der Waals surface area (Å²) >= 11 is 4.19. The number of phenolic OH excluding ortho intramolecular Hbond substituents is 1. The third kappa shape index (κ3) is 4.32. The summed E-state index contributed by atoms with van der Waals surface area (Å²) in [6, 6.07) is 10.3. The highest BCUT2D eigenvalue weighted by molar-refractivity contribution is 14.1. The van der Waals surface area contributed by atoms with Gasteiger partial charge in [0.15, 0.2) is 0 Å². The number of carbonyl (C=O) groups excluding carboxylic acids is 1. The molecule has 0 radical (unpaired) electrons. The minimum absolute atomic E-state index is 0.142. The summed E-state index contributed by atoms with van der Waals surface area (Å²) in [6.45, 7) is 0. The first-order valence-electron chi connectivity index (χ1n) is 6.16. The van der Waals surface area contributed by atoms with Crippen molar-refractivity contribution in [1.82, 2.24) is 5.43 Å². The largest absolute Gasteiger partial charge is 0.506 e. The van der Waals surface area contributed by atoms with E-state index >= 15 is 0 Å². The topological polar surface area (TPSA) is 70.9 Å². The van der Waals surface area contributed by atoms with Gasteiger partial charge < -0.3 is 9.84 Å². The van der Waals surface area contributed by atoms with Crippen LogP contribution in [0.25, 0.3) is 0 Å². The lowest BCUT2D eigenvalue weighted by atomic mass is 10.2. The second-order valence-corrected chi connectivity index (χ2v) is 6.66. The van der Waals surface area contributed by atoms with Crippen LogP contribution in [-0.4, -0.2) is 24.3 Å². The first kappa shape index (κ1) is 17.0. The number of methoxy groups -OCH3 is 1.